The van der Waals surface area contributed by atoms with Crippen molar-refractivity contribution in [1.29, 1.82) is 0 Å². The Morgan fingerprint density at radius 2 is 1.71 bits per heavy atom. The van der Waals surface area contributed by atoms with Crippen LogP contribution in [0.15, 0.2) is 23.7 Å². The zero-order valence-electron chi connectivity index (χ0n) is 13.9. The van der Waals surface area contributed by atoms with Gasteiger partial charge in [0, 0.05) is 5.02 Å². The molecule has 1 saturated heterocycles. The molecular weight excluding hydrogens is 343 g/mol. The van der Waals surface area contributed by atoms with Gasteiger partial charge in [-0.2, -0.15) is 13.2 Å². The van der Waals surface area contributed by atoms with Gasteiger partial charge in [-0.3, -0.25) is 0 Å². The van der Waals surface area contributed by atoms with Crippen LogP contribution < -0.4 is 0 Å². The van der Waals surface area contributed by atoms with Crippen LogP contribution in [-0.4, -0.2) is 30.0 Å². The van der Waals surface area contributed by atoms with Crippen LogP contribution in [0.2, 0.25) is 5.02 Å². The summed E-state index contributed by atoms with van der Waals surface area (Å²) in [6.07, 6.45) is -3.10. The minimum absolute atomic E-state index is 0.0396. The number of benzene rings is 1. The van der Waals surface area contributed by atoms with Crippen molar-refractivity contribution in [3.63, 3.8) is 0 Å². The summed E-state index contributed by atoms with van der Waals surface area (Å²) < 4.78 is 50.3. The van der Waals surface area contributed by atoms with Crippen LogP contribution in [0.1, 0.15) is 38.8 Å². The van der Waals surface area contributed by atoms with Crippen LogP contribution >= 0.6 is 11.6 Å². The Bertz CT molecular complexity index is 640. The molecule has 132 valence electrons. The molecule has 3 nitrogen and oxygen atoms in total. The van der Waals surface area contributed by atoms with Gasteiger partial charge in [0.25, 0.3) is 0 Å². The molecule has 0 aromatic heterocycles. The maximum absolute atomic E-state index is 12.9. The number of rotatable bonds is 3. The van der Waals surface area contributed by atoms with E-state index in [1.807, 2.05) is 27.7 Å². The monoisotopic (exact) mass is 362 g/mol. The summed E-state index contributed by atoms with van der Waals surface area (Å²) in [7, 11) is -0.840. The van der Waals surface area contributed by atoms with Crippen molar-refractivity contribution in [2.45, 2.75) is 45.1 Å². The first kappa shape index (κ1) is 19.3. The molecule has 0 spiro atoms. The highest BCUT2D eigenvalue weighted by atomic mass is 35.5. The number of aliphatic hydroxyl groups is 1. The number of hydrogen-bond acceptors (Lipinski definition) is 3. The maximum atomic E-state index is 12.9. The predicted molar refractivity (Wildman–Crippen MR) is 87.6 cm³/mol. The average Bonchev–Trinajstić information content (AvgIpc) is 2.63. The molecule has 2 rings (SSSR count). The SMILES string of the molecule is CC1(C)OB(C(=Cc2cc(Cl)cc(C(F)(F)F)c2)CO)OC1(C)C. The molecule has 1 aliphatic rings. The Morgan fingerprint density at radius 3 is 2.17 bits per heavy atom. The van der Waals surface area contributed by atoms with Crippen molar-refractivity contribution in [3.8, 4) is 0 Å². The Balaban J connectivity index is 2.37. The van der Waals surface area contributed by atoms with Crippen LogP contribution in [0.5, 0.6) is 0 Å². The predicted octanol–water partition coefficient (Wildman–Crippen LogP) is 4.37. The highest BCUT2D eigenvalue weighted by Gasteiger charge is 2.52. The summed E-state index contributed by atoms with van der Waals surface area (Å²) >= 11 is 5.78. The molecule has 0 bridgehead atoms. The van der Waals surface area contributed by atoms with E-state index in [2.05, 4.69) is 0 Å². The van der Waals surface area contributed by atoms with Crippen molar-refractivity contribution >= 4 is 24.8 Å². The van der Waals surface area contributed by atoms with Crippen LogP contribution in [-0.2, 0) is 15.5 Å². The van der Waals surface area contributed by atoms with Gasteiger partial charge in [-0.05, 0) is 56.9 Å². The second-order valence-electron chi connectivity index (χ2n) is 6.74. The second-order valence-corrected chi connectivity index (χ2v) is 7.17. The van der Waals surface area contributed by atoms with Gasteiger partial charge in [0.1, 0.15) is 0 Å². The summed E-state index contributed by atoms with van der Waals surface area (Å²) in [5, 5.41) is 9.56. The van der Waals surface area contributed by atoms with E-state index in [9.17, 15) is 18.3 Å². The fraction of sp³-hybridized carbons (Fsp3) is 0.500. The van der Waals surface area contributed by atoms with Gasteiger partial charge in [-0.15, -0.1) is 0 Å². The van der Waals surface area contributed by atoms with E-state index in [0.717, 1.165) is 12.1 Å². The summed E-state index contributed by atoms with van der Waals surface area (Å²) in [5.74, 6) is 0. The fourth-order valence-electron chi connectivity index (χ4n) is 2.26. The van der Waals surface area contributed by atoms with Crippen LogP contribution in [0.25, 0.3) is 6.08 Å². The van der Waals surface area contributed by atoms with Crippen molar-refractivity contribution in [2.24, 2.45) is 0 Å². The lowest BCUT2D eigenvalue weighted by Crippen LogP contribution is -2.41. The van der Waals surface area contributed by atoms with Gasteiger partial charge < -0.3 is 14.4 Å². The Labute approximate surface area is 144 Å². The van der Waals surface area contributed by atoms with E-state index in [-0.39, 0.29) is 10.6 Å². The zero-order chi connectivity index (χ0) is 18.3. The van der Waals surface area contributed by atoms with Crippen molar-refractivity contribution in [3.05, 3.63) is 39.8 Å². The molecule has 0 aliphatic carbocycles. The molecule has 0 amide bonds. The molecule has 8 heteroatoms. The largest absolute Gasteiger partial charge is 0.492 e. The minimum Gasteiger partial charge on any atom is -0.400 e. The Kier molecular flexibility index (Phi) is 5.13. The molecule has 0 atom stereocenters. The van der Waals surface area contributed by atoms with Gasteiger partial charge in [-0.25, -0.2) is 0 Å². The first-order valence-corrected chi connectivity index (χ1v) is 7.78. The molecule has 1 aliphatic heterocycles. The fourth-order valence-corrected chi connectivity index (χ4v) is 2.50. The highest BCUT2D eigenvalue weighted by Crippen LogP contribution is 2.39. The van der Waals surface area contributed by atoms with Gasteiger partial charge in [-0.1, -0.05) is 17.7 Å². The molecule has 0 unspecified atom stereocenters. The number of hydrogen-bond donors (Lipinski definition) is 1. The number of aliphatic hydroxyl groups excluding tert-OH is 1. The summed E-state index contributed by atoms with van der Waals surface area (Å²) in [4.78, 5) is 0. The van der Waals surface area contributed by atoms with E-state index in [1.54, 1.807) is 0 Å². The molecule has 1 heterocycles. The van der Waals surface area contributed by atoms with E-state index in [1.165, 1.54) is 12.1 Å². The van der Waals surface area contributed by atoms with E-state index in [0.29, 0.717) is 5.47 Å². The molecule has 0 radical (unpaired) electrons. The third-order valence-corrected chi connectivity index (χ3v) is 4.56. The van der Waals surface area contributed by atoms with Crippen LogP contribution in [0.4, 0.5) is 13.2 Å². The van der Waals surface area contributed by atoms with Crippen molar-refractivity contribution in [1.82, 2.24) is 0 Å². The minimum atomic E-state index is -4.50. The second kappa shape index (κ2) is 6.37. The zero-order valence-corrected chi connectivity index (χ0v) is 14.6. The van der Waals surface area contributed by atoms with Gasteiger partial charge in [0.05, 0.1) is 23.4 Å². The van der Waals surface area contributed by atoms with Gasteiger partial charge >= 0.3 is 13.3 Å². The lowest BCUT2D eigenvalue weighted by Gasteiger charge is -2.32. The summed E-state index contributed by atoms with van der Waals surface area (Å²) in [5.41, 5.74) is -1.54. The van der Waals surface area contributed by atoms with Gasteiger partial charge in [0.15, 0.2) is 0 Å². The number of halogens is 4. The normalized spacial score (nSPS) is 20.5. The summed E-state index contributed by atoms with van der Waals surface area (Å²) in [6.45, 7) is 6.99. The molecule has 0 saturated carbocycles. The first-order valence-electron chi connectivity index (χ1n) is 7.40. The van der Waals surface area contributed by atoms with Crippen molar-refractivity contribution < 1.29 is 27.6 Å². The maximum Gasteiger partial charge on any atom is 0.492 e. The first-order chi connectivity index (χ1) is 10.9. The molecule has 1 fully saturated rings. The molecule has 24 heavy (non-hydrogen) atoms. The third-order valence-electron chi connectivity index (χ3n) is 4.34. The van der Waals surface area contributed by atoms with E-state index in [4.69, 9.17) is 20.9 Å². The molecule has 1 N–H and O–H groups in total. The topological polar surface area (TPSA) is 38.7 Å². The van der Waals surface area contributed by atoms with Crippen LogP contribution in [0, 0.1) is 0 Å². The number of alkyl halides is 3. The smallest absolute Gasteiger partial charge is 0.400 e. The molecular formula is C16H19BClF3O3. The lowest BCUT2D eigenvalue weighted by molar-refractivity contribution is -0.137. The lowest BCUT2D eigenvalue weighted by atomic mass is 9.77. The van der Waals surface area contributed by atoms with E-state index >= 15 is 0 Å². The average molecular weight is 363 g/mol. The standard InChI is InChI=1S/C16H19BClF3O3/c1-14(2)15(3,4)24-17(23-14)12(9-22)6-10-5-11(16(19,20)21)8-13(18)7-10/h5-8,22H,9H2,1-4H3. The Morgan fingerprint density at radius 1 is 1.17 bits per heavy atom. The van der Waals surface area contributed by atoms with Crippen molar-refractivity contribution in [2.75, 3.05) is 6.61 Å². The third kappa shape index (κ3) is 3.96. The Hall–Kier alpha value is -1.02. The molecule has 1 aromatic rings. The summed E-state index contributed by atoms with van der Waals surface area (Å²) in [6, 6.07) is 3.21. The van der Waals surface area contributed by atoms with E-state index < -0.39 is 36.7 Å². The van der Waals surface area contributed by atoms with Crippen LogP contribution in [0.3, 0.4) is 0 Å². The van der Waals surface area contributed by atoms with Gasteiger partial charge in [0.2, 0.25) is 0 Å². The quantitative estimate of drug-likeness (QED) is 0.812. The highest BCUT2D eigenvalue weighted by molar-refractivity contribution is 6.55. The molecule has 1 aromatic carbocycles.